The van der Waals surface area contributed by atoms with Crippen LogP contribution >= 0.6 is 12.0 Å². The minimum Gasteiger partial charge on any atom is -0.497 e. The first-order valence-electron chi connectivity index (χ1n) is 5.41. The van der Waals surface area contributed by atoms with Gasteiger partial charge in [0.2, 0.25) is 0 Å². The summed E-state index contributed by atoms with van der Waals surface area (Å²) in [6.07, 6.45) is 0.974. The van der Waals surface area contributed by atoms with Gasteiger partial charge in [-0.3, -0.25) is 0 Å². The molecule has 1 rings (SSSR count). The van der Waals surface area contributed by atoms with Crippen molar-refractivity contribution in [1.29, 1.82) is 0 Å². The highest BCUT2D eigenvalue weighted by molar-refractivity contribution is 7.93. The molecule has 0 fully saturated rings. The molecule has 1 atom stereocenters. The average Bonchev–Trinajstić information content (AvgIpc) is 2.34. The first-order valence-corrected chi connectivity index (χ1v) is 6.36. The van der Waals surface area contributed by atoms with E-state index in [1.165, 1.54) is 5.56 Å². The Kier molecular flexibility index (Phi) is 6.30. The van der Waals surface area contributed by atoms with Gasteiger partial charge in [-0.2, -0.15) is 0 Å². The maximum Gasteiger partial charge on any atom is 0.118 e. The van der Waals surface area contributed by atoms with Gasteiger partial charge in [-0.1, -0.05) is 12.1 Å². The summed E-state index contributed by atoms with van der Waals surface area (Å²) in [6.45, 7) is 3.05. The Morgan fingerprint density at radius 3 is 2.62 bits per heavy atom. The molecule has 1 aromatic carbocycles. The van der Waals surface area contributed by atoms with E-state index in [1.54, 1.807) is 7.11 Å². The van der Waals surface area contributed by atoms with Gasteiger partial charge < -0.3 is 14.6 Å². The van der Waals surface area contributed by atoms with Gasteiger partial charge in [0.25, 0.3) is 0 Å². The molecule has 90 valence electrons. The van der Waals surface area contributed by atoms with Crippen LogP contribution in [0.4, 0.5) is 0 Å². The first kappa shape index (κ1) is 13.4. The normalized spacial score (nSPS) is 12.4. The molecular formula is C12H19NO2S. The highest BCUT2D eigenvalue weighted by Gasteiger charge is 2.03. The molecule has 0 aliphatic rings. The second-order valence-corrected chi connectivity index (χ2v) is 4.30. The predicted molar refractivity (Wildman–Crippen MR) is 69.1 cm³/mol. The van der Waals surface area contributed by atoms with Gasteiger partial charge in [-0.25, -0.2) is 0 Å². The largest absolute Gasteiger partial charge is 0.497 e. The van der Waals surface area contributed by atoms with Gasteiger partial charge in [0, 0.05) is 11.8 Å². The van der Waals surface area contributed by atoms with Crippen molar-refractivity contribution < 1.29 is 9.29 Å². The van der Waals surface area contributed by atoms with E-state index in [0.29, 0.717) is 6.04 Å². The minimum absolute atomic E-state index is 0.328. The zero-order valence-corrected chi connectivity index (χ0v) is 10.6. The molecule has 0 bridgehead atoms. The van der Waals surface area contributed by atoms with E-state index in [0.717, 1.165) is 36.5 Å². The van der Waals surface area contributed by atoms with Crippen molar-refractivity contribution in [2.24, 2.45) is 0 Å². The summed E-state index contributed by atoms with van der Waals surface area (Å²) in [5.74, 6) is 1.66. The van der Waals surface area contributed by atoms with Crippen molar-refractivity contribution in [3.8, 4) is 5.75 Å². The smallest absolute Gasteiger partial charge is 0.118 e. The lowest BCUT2D eigenvalue weighted by Crippen LogP contribution is -2.20. The second kappa shape index (κ2) is 7.54. The molecular weight excluding hydrogens is 222 g/mol. The van der Waals surface area contributed by atoms with Gasteiger partial charge in [0.15, 0.2) is 0 Å². The number of nitrogens with one attached hydrogen (secondary N) is 1. The number of rotatable bonds is 7. The number of hydrogen-bond donors (Lipinski definition) is 2. The molecule has 0 aliphatic carbocycles. The molecule has 16 heavy (non-hydrogen) atoms. The maximum absolute atomic E-state index is 8.58. The molecule has 0 amide bonds. The molecule has 0 heterocycles. The molecule has 0 spiro atoms. The van der Waals surface area contributed by atoms with Crippen molar-refractivity contribution in [2.45, 2.75) is 19.4 Å². The Bertz CT molecular complexity index is 290. The number of methoxy groups -OCH3 is 1. The molecule has 0 radical (unpaired) electrons. The second-order valence-electron chi connectivity index (χ2n) is 3.64. The summed E-state index contributed by atoms with van der Waals surface area (Å²) >= 11 is 0.898. The zero-order chi connectivity index (χ0) is 11.8. The monoisotopic (exact) mass is 241 g/mol. The van der Waals surface area contributed by atoms with E-state index >= 15 is 0 Å². The van der Waals surface area contributed by atoms with E-state index < -0.39 is 0 Å². The third-order valence-electron chi connectivity index (χ3n) is 2.48. The molecule has 0 saturated heterocycles. The zero-order valence-electron chi connectivity index (χ0n) is 9.77. The van der Waals surface area contributed by atoms with Crippen LogP contribution < -0.4 is 10.1 Å². The van der Waals surface area contributed by atoms with E-state index in [9.17, 15) is 0 Å². The molecule has 3 nitrogen and oxygen atoms in total. The lowest BCUT2D eigenvalue weighted by molar-refractivity contribution is 0.414. The fraction of sp³-hybridized carbons (Fsp3) is 0.500. The molecule has 2 N–H and O–H groups in total. The fourth-order valence-electron chi connectivity index (χ4n) is 1.47. The van der Waals surface area contributed by atoms with Gasteiger partial charge in [0.1, 0.15) is 5.75 Å². The van der Waals surface area contributed by atoms with E-state index in [2.05, 4.69) is 24.4 Å². The first-order chi connectivity index (χ1) is 7.77. The highest BCUT2D eigenvalue weighted by atomic mass is 32.2. The molecule has 1 aromatic rings. The van der Waals surface area contributed by atoms with Crippen LogP contribution in [0.3, 0.4) is 0 Å². The fourth-order valence-corrected chi connectivity index (χ4v) is 1.74. The SMILES string of the molecule is COc1ccc(C(C)NCCCSO)cc1. The third-order valence-corrected chi connectivity index (χ3v) is 2.95. The Morgan fingerprint density at radius 2 is 2.06 bits per heavy atom. The Labute approximate surface area is 101 Å². The topological polar surface area (TPSA) is 41.5 Å². The van der Waals surface area contributed by atoms with E-state index in [1.807, 2.05) is 12.1 Å². The molecule has 0 saturated carbocycles. The summed E-state index contributed by atoms with van der Waals surface area (Å²) in [7, 11) is 1.67. The summed E-state index contributed by atoms with van der Waals surface area (Å²) in [4.78, 5) is 0. The van der Waals surface area contributed by atoms with Gasteiger partial charge >= 0.3 is 0 Å². The van der Waals surface area contributed by atoms with Crippen LogP contribution in [-0.4, -0.2) is 24.0 Å². The van der Waals surface area contributed by atoms with Crippen molar-refractivity contribution >= 4 is 12.0 Å². The quantitative estimate of drug-likeness (QED) is 0.569. The van der Waals surface area contributed by atoms with Crippen LogP contribution in [0.5, 0.6) is 5.75 Å². The molecule has 0 aliphatic heterocycles. The maximum atomic E-state index is 8.58. The number of hydrogen-bond acceptors (Lipinski definition) is 4. The van der Waals surface area contributed by atoms with Crippen LogP contribution in [0.1, 0.15) is 24.9 Å². The summed E-state index contributed by atoms with van der Waals surface area (Å²) in [5.41, 5.74) is 1.25. The van der Waals surface area contributed by atoms with Crippen molar-refractivity contribution in [3.05, 3.63) is 29.8 Å². The highest BCUT2D eigenvalue weighted by Crippen LogP contribution is 2.17. The van der Waals surface area contributed by atoms with Gasteiger partial charge in [-0.05, 0) is 49.6 Å². The molecule has 4 heteroatoms. The summed E-state index contributed by atoms with van der Waals surface area (Å²) < 4.78 is 13.7. The van der Waals surface area contributed by atoms with Crippen LogP contribution in [0, 0.1) is 0 Å². The van der Waals surface area contributed by atoms with Crippen LogP contribution in [0.25, 0.3) is 0 Å². The van der Waals surface area contributed by atoms with E-state index in [-0.39, 0.29) is 0 Å². The minimum atomic E-state index is 0.328. The van der Waals surface area contributed by atoms with Crippen LogP contribution in [0.15, 0.2) is 24.3 Å². The standard InChI is InChI=1S/C12H19NO2S/c1-10(13-8-3-9-16-14)11-4-6-12(15-2)7-5-11/h4-7,10,13-14H,3,8-9H2,1-2H3. The van der Waals surface area contributed by atoms with Gasteiger partial charge in [0.05, 0.1) is 7.11 Å². The Morgan fingerprint density at radius 1 is 1.38 bits per heavy atom. The number of ether oxygens (including phenoxy) is 1. The lowest BCUT2D eigenvalue weighted by Gasteiger charge is -2.14. The van der Waals surface area contributed by atoms with Crippen molar-refractivity contribution in [1.82, 2.24) is 5.32 Å². The lowest BCUT2D eigenvalue weighted by atomic mass is 10.1. The van der Waals surface area contributed by atoms with Crippen molar-refractivity contribution in [2.75, 3.05) is 19.4 Å². The predicted octanol–water partition coefficient (Wildman–Crippen LogP) is 2.94. The van der Waals surface area contributed by atoms with Crippen LogP contribution in [-0.2, 0) is 0 Å². The van der Waals surface area contributed by atoms with Gasteiger partial charge in [-0.15, -0.1) is 0 Å². The molecule has 0 aromatic heterocycles. The van der Waals surface area contributed by atoms with E-state index in [4.69, 9.17) is 9.29 Å². The number of benzene rings is 1. The van der Waals surface area contributed by atoms with Crippen molar-refractivity contribution in [3.63, 3.8) is 0 Å². The Hall–Kier alpha value is -0.710. The third kappa shape index (κ3) is 4.43. The summed E-state index contributed by atoms with van der Waals surface area (Å²) in [5, 5.41) is 3.41. The average molecular weight is 241 g/mol. The summed E-state index contributed by atoms with van der Waals surface area (Å²) in [6, 6.07) is 8.40. The Balaban J connectivity index is 2.37. The van der Waals surface area contributed by atoms with Crippen LogP contribution in [0.2, 0.25) is 0 Å². The molecule has 1 unspecified atom stereocenters.